The lowest BCUT2D eigenvalue weighted by Crippen LogP contribution is -2.46. The molecule has 0 radical (unpaired) electrons. The van der Waals surface area contributed by atoms with Crippen LogP contribution >= 0.6 is 0 Å². The third-order valence-electron chi connectivity index (χ3n) is 1.46. The van der Waals surface area contributed by atoms with E-state index in [2.05, 4.69) is 9.72 Å². The van der Waals surface area contributed by atoms with E-state index in [1.807, 2.05) is 0 Å². The highest BCUT2D eigenvalue weighted by atomic mass is 19.4. The molecular formula is C8H4F5NO2. The van der Waals surface area contributed by atoms with Crippen molar-refractivity contribution < 1.29 is 31.5 Å². The summed E-state index contributed by atoms with van der Waals surface area (Å²) in [4.78, 5) is 13.9. The molecule has 0 atom stereocenters. The summed E-state index contributed by atoms with van der Waals surface area (Å²) >= 11 is 0. The van der Waals surface area contributed by atoms with Crippen LogP contribution in [0.5, 0.6) is 5.75 Å². The van der Waals surface area contributed by atoms with Gasteiger partial charge in [-0.3, -0.25) is 4.98 Å². The highest BCUT2D eigenvalue weighted by Gasteiger charge is 2.65. The molecule has 3 nitrogen and oxygen atoms in total. The van der Waals surface area contributed by atoms with Crippen LogP contribution in [0.3, 0.4) is 0 Å². The summed E-state index contributed by atoms with van der Waals surface area (Å²) in [6.07, 6.45) is -3.91. The SMILES string of the molecule is O=C(Oc1cccnc1)C(F)(F)C(F)(F)F. The molecule has 0 spiro atoms. The molecule has 0 saturated carbocycles. The average molecular weight is 241 g/mol. The Hall–Kier alpha value is -1.73. The Morgan fingerprint density at radius 2 is 1.88 bits per heavy atom. The molecule has 1 aromatic rings. The number of esters is 1. The van der Waals surface area contributed by atoms with Gasteiger partial charge in [-0.15, -0.1) is 0 Å². The molecule has 0 aliphatic rings. The van der Waals surface area contributed by atoms with E-state index in [1.54, 1.807) is 0 Å². The Morgan fingerprint density at radius 1 is 1.25 bits per heavy atom. The van der Waals surface area contributed by atoms with Crippen LogP contribution in [0, 0.1) is 0 Å². The summed E-state index contributed by atoms with van der Waals surface area (Å²) in [5, 5.41) is 0. The molecule has 0 bridgehead atoms. The van der Waals surface area contributed by atoms with Gasteiger partial charge in [-0.05, 0) is 12.1 Å². The Labute approximate surface area is 85.8 Å². The van der Waals surface area contributed by atoms with Gasteiger partial charge >= 0.3 is 18.1 Å². The molecule has 0 unspecified atom stereocenters. The predicted octanol–water partition coefficient (Wildman–Crippen LogP) is 2.18. The quantitative estimate of drug-likeness (QED) is 0.588. The first-order valence-electron chi connectivity index (χ1n) is 3.82. The first-order valence-corrected chi connectivity index (χ1v) is 3.82. The summed E-state index contributed by atoms with van der Waals surface area (Å²) in [7, 11) is 0. The zero-order valence-electron chi connectivity index (χ0n) is 7.46. The van der Waals surface area contributed by atoms with Crippen LogP contribution in [0.4, 0.5) is 22.0 Å². The second-order valence-electron chi connectivity index (χ2n) is 2.65. The maximum Gasteiger partial charge on any atom is 0.465 e. The molecule has 8 heteroatoms. The van der Waals surface area contributed by atoms with Crippen molar-refractivity contribution >= 4 is 5.97 Å². The number of rotatable bonds is 2. The van der Waals surface area contributed by atoms with E-state index in [-0.39, 0.29) is 0 Å². The van der Waals surface area contributed by atoms with Gasteiger partial charge in [0.2, 0.25) is 0 Å². The van der Waals surface area contributed by atoms with Gasteiger partial charge in [0.1, 0.15) is 5.75 Å². The lowest BCUT2D eigenvalue weighted by Gasteiger charge is -2.17. The lowest BCUT2D eigenvalue weighted by molar-refractivity contribution is -0.276. The molecule has 0 aliphatic carbocycles. The van der Waals surface area contributed by atoms with Crippen molar-refractivity contribution in [2.24, 2.45) is 0 Å². The van der Waals surface area contributed by atoms with E-state index in [1.165, 1.54) is 12.3 Å². The fraction of sp³-hybridized carbons (Fsp3) is 0.250. The van der Waals surface area contributed by atoms with Crippen molar-refractivity contribution in [3.8, 4) is 5.75 Å². The number of aromatic nitrogens is 1. The first-order chi connectivity index (χ1) is 7.25. The number of hydrogen-bond donors (Lipinski definition) is 0. The molecule has 0 fully saturated rings. The summed E-state index contributed by atoms with van der Waals surface area (Å²) in [6, 6.07) is 2.24. The maximum absolute atomic E-state index is 12.4. The average Bonchev–Trinajstić information content (AvgIpc) is 2.17. The van der Waals surface area contributed by atoms with E-state index in [0.717, 1.165) is 12.3 Å². The van der Waals surface area contributed by atoms with Crippen LogP contribution in [-0.2, 0) is 4.79 Å². The van der Waals surface area contributed by atoms with Crippen LogP contribution in [0.15, 0.2) is 24.5 Å². The van der Waals surface area contributed by atoms with Gasteiger partial charge in [-0.2, -0.15) is 22.0 Å². The van der Waals surface area contributed by atoms with E-state index < -0.39 is 23.8 Å². The molecule has 0 N–H and O–H groups in total. The molecule has 0 saturated heterocycles. The molecule has 16 heavy (non-hydrogen) atoms. The molecule has 1 aromatic heterocycles. The van der Waals surface area contributed by atoms with Gasteiger partial charge in [0.25, 0.3) is 0 Å². The van der Waals surface area contributed by atoms with Gasteiger partial charge in [0.15, 0.2) is 0 Å². The van der Waals surface area contributed by atoms with E-state index in [9.17, 15) is 26.7 Å². The smallest absolute Gasteiger partial charge is 0.420 e. The van der Waals surface area contributed by atoms with Gasteiger partial charge in [0.05, 0.1) is 6.20 Å². The topological polar surface area (TPSA) is 39.2 Å². The third-order valence-corrected chi connectivity index (χ3v) is 1.46. The third kappa shape index (κ3) is 2.44. The molecular weight excluding hydrogens is 237 g/mol. The predicted molar refractivity (Wildman–Crippen MR) is 40.9 cm³/mol. The number of hydrogen-bond acceptors (Lipinski definition) is 3. The first kappa shape index (κ1) is 12.3. The van der Waals surface area contributed by atoms with Crippen molar-refractivity contribution in [2.45, 2.75) is 12.1 Å². The second-order valence-corrected chi connectivity index (χ2v) is 2.65. The normalized spacial score (nSPS) is 12.3. The highest BCUT2D eigenvalue weighted by molar-refractivity contribution is 5.80. The lowest BCUT2D eigenvalue weighted by atomic mass is 10.3. The number of pyridine rings is 1. The molecule has 88 valence electrons. The van der Waals surface area contributed by atoms with Gasteiger partial charge < -0.3 is 4.74 Å². The fourth-order valence-corrected chi connectivity index (χ4v) is 0.694. The van der Waals surface area contributed by atoms with Crippen molar-refractivity contribution in [3.63, 3.8) is 0 Å². The van der Waals surface area contributed by atoms with Crippen LogP contribution in [-0.4, -0.2) is 23.1 Å². The summed E-state index contributed by atoms with van der Waals surface area (Å²) in [5.74, 6) is -8.72. The number of ether oxygens (including phenoxy) is 1. The molecule has 0 aromatic carbocycles. The number of nitrogens with zero attached hydrogens (tertiary/aromatic N) is 1. The van der Waals surface area contributed by atoms with Crippen molar-refractivity contribution in [3.05, 3.63) is 24.5 Å². The van der Waals surface area contributed by atoms with Crippen molar-refractivity contribution in [1.82, 2.24) is 4.98 Å². The van der Waals surface area contributed by atoms with Gasteiger partial charge in [-0.25, -0.2) is 4.79 Å². The number of alkyl halides is 5. The van der Waals surface area contributed by atoms with Crippen LogP contribution in [0.2, 0.25) is 0 Å². The van der Waals surface area contributed by atoms with E-state index in [0.29, 0.717) is 0 Å². The Bertz CT molecular complexity index is 376. The summed E-state index contributed by atoms with van der Waals surface area (Å²) in [5.41, 5.74) is 0. The van der Waals surface area contributed by atoms with E-state index >= 15 is 0 Å². The largest absolute Gasteiger partial charge is 0.465 e. The van der Waals surface area contributed by atoms with Crippen molar-refractivity contribution in [1.29, 1.82) is 0 Å². The maximum atomic E-state index is 12.4. The Balaban J connectivity index is 2.81. The monoisotopic (exact) mass is 241 g/mol. The number of carbonyl (C=O) groups excluding carboxylic acids is 1. The minimum Gasteiger partial charge on any atom is -0.420 e. The van der Waals surface area contributed by atoms with Gasteiger partial charge in [-0.1, -0.05) is 0 Å². The molecule has 0 amide bonds. The van der Waals surface area contributed by atoms with Crippen molar-refractivity contribution in [2.75, 3.05) is 0 Å². The zero-order valence-corrected chi connectivity index (χ0v) is 7.46. The summed E-state index contributed by atoms with van der Waals surface area (Å²) in [6.45, 7) is 0. The standard InChI is InChI=1S/C8H4F5NO2/c9-7(10,8(11,12)13)6(15)16-5-2-1-3-14-4-5/h1-4H. The molecule has 1 rings (SSSR count). The van der Waals surface area contributed by atoms with Crippen LogP contribution in [0.25, 0.3) is 0 Å². The molecule has 0 aliphatic heterocycles. The molecule has 1 heterocycles. The number of halogens is 5. The minimum absolute atomic E-state index is 0.489. The zero-order chi connectivity index (χ0) is 12.4. The highest BCUT2D eigenvalue weighted by Crippen LogP contribution is 2.36. The van der Waals surface area contributed by atoms with Crippen LogP contribution in [0.1, 0.15) is 0 Å². The Kier molecular flexibility index (Phi) is 3.11. The number of carbonyl (C=O) groups is 1. The second kappa shape index (κ2) is 4.03. The summed E-state index contributed by atoms with van der Waals surface area (Å²) < 4.78 is 63.8. The fourth-order valence-electron chi connectivity index (χ4n) is 0.694. The minimum atomic E-state index is -5.98. The van der Waals surface area contributed by atoms with Gasteiger partial charge in [0, 0.05) is 6.20 Å². The van der Waals surface area contributed by atoms with Crippen LogP contribution < -0.4 is 4.74 Å². The Morgan fingerprint density at radius 3 is 2.31 bits per heavy atom. The van der Waals surface area contributed by atoms with E-state index in [4.69, 9.17) is 0 Å².